The Morgan fingerprint density at radius 2 is 2.17 bits per heavy atom. The van der Waals surface area contributed by atoms with Crippen molar-refractivity contribution >= 4 is 0 Å². The average molecular weight is 164 g/mol. The van der Waals surface area contributed by atoms with Crippen LogP contribution in [0.15, 0.2) is 12.1 Å². The first kappa shape index (κ1) is 8.61. The van der Waals surface area contributed by atoms with Crippen LogP contribution in [0, 0.1) is 25.1 Å². The first-order valence-corrected chi connectivity index (χ1v) is 3.49. The van der Waals surface area contributed by atoms with Gasteiger partial charge in [0.25, 0.3) is 0 Å². The summed E-state index contributed by atoms with van der Waals surface area (Å²) >= 11 is 0. The van der Waals surface area contributed by atoms with Crippen LogP contribution in [-0.4, -0.2) is 7.11 Å². The third-order valence-corrected chi connectivity index (χ3v) is 1.56. The van der Waals surface area contributed by atoms with Gasteiger partial charge in [0, 0.05) is 0 Å². The lowest BCUT2D eigenvalue weighted by Crippen LogP contribution is -1.92. The first-order valence-electron chi connectivity index (χ1n) is 3.49. The lowest BCUT2D eigenvalue weighted by Gasteiger charge is -2.05. The lowest BCUT2D eigenvalue weighted by atomic mass is 10.1. The second kappa shape index (κ2) is 3.27. The maximum atomic E-state index is 13.1. The second-order valence-corrected chi connectivity index (χ2v) is 2.47. The van der Waals surface area contributed by atoms with Gasteiger partial charge in [0.05, 0.1) is 7.11 Å². The summed E-state index contributed by atoms with van der Waals surface area (Å²) in [7, 11) is 1.47. The van der Waals surface area contributed by atoms with Crippen molar-refractivity contribution in [1.29, 1.82) is 0 Å². The maximum Gasteiger partial charge on any atom is 0.142 e. The third-order valence-electron chi connectivity index (χ3n) is 1.56. The van der Waals surface area contributed by atoms with Gasteiger partial charge in [-0.2, -0.15) is 0 Å². The van der Waals surface area contributed by atoms with Gasteiger partial charge in [0.15, 0.2) is 0 Å². The minimum absolute atomic E-state index is 0.183. The van der Waals surface area contributed by atoms with Crippen molar-refractivity contribution in [3.63, 3.8) is 0 Å². The van der Waals surface area contributed by atoms with Crippen molar-refractivity contribution in [2.75, 3.05) is 7.11 Å². The molecule has 0 N–H and O–H groups in total. The van der Waals surface area contributed by atoms with E-state index in [9.17, 15) is 4.39 Å². The Balaban J connectivity index is 3.36. The quantitative estimate of drug-likeness (QED) is 0.578. The van der Waals surface area contributed by atoms with E-state index in [2.05, 4.69) is 5.92 Å². The molecule has 1 nitrogen and oxygen atoms in total. The van der Waals surface area contributed by atoms with Crippen molar-refractivity contribution in [1.82, 2.24) is 0 Å². The number of ether oxygens (including phenoxy) is 1. The molecule has 0 aliphatic heterocycles. The molecular formula is C10H9FO. The Hall–Kier alpha value is -1.49. The molecule has 0 aliphatic rings. The highest BCUT2D eigenvalue weighted by atomic mass is 19.1. The molecule has 0 saturated heterocycles. The number of rotatable bonds is 1. The van der Waals surface area contributed by atoms with E-state index in [1.807, 2.05) is 0 Å². The Labute approximate surface area is 71.2 Å². The zero-order chi connectivity index (χ0) is 9.14. The van der Waals surface area contributed by atoms with Crippen molar-refractivity contribution < 1.29 is 9.13 Å². The van der Waals surface area contributed by atoms with Crippen molar-refractivity contribution in [3.05, 3.63) is 29.1 Å². The molecule has 0 amide bonds. The van der Waals surface area contributed by atoms with Crippen LogP contribution in [0.25, 0.3) is 0 Å². The summed E-state index contributed by atoms with van der Waals surface area (Å²) in [6.07, 6.45) is 5.11. The van der Waals surface area contributed by atoms with Crippen molar-refractivity contribution in [3.8, 4) is 18.1 Å². The molecule has 12 heavy (non-hydrogen) atoms. The van der Waals surface area contributed by atoms with Gasteiger partial charge in [-0.3, -0.25) is 0 Å². The summed E-state index contributed by atoms with van der Waals surface area (Å²) in [5.74, 6) is 2.25. The Bertz CT molecular complexity index is 336. The molecule has 0 heterocycles. The average Bonchev–Trinajstić information content (AvgIpc) is 2.03. The first-order chi connectivity index (χ1) is 5.69. The minimum atomic E-state index is -0.408. The number of hydrogen-bond acceptors (Lipinski definition) is 1. The van der Waals surface area contributed by atoms with Gasteiger partial charge in [0.1, 0.15) is 17.1 Å². The van der Waals surface area contributed by atoms with Gasteiger partial charge >= 0.3 is 0 Å². The molecule has 0 fully saturated rings. The number of hydrogen-bond donors (Lipinski definition) is 0. The highest BCUT2D eigenvalue weighted by molar-refractivity contribution is 5.47. The summed E-state index contributed by atoms with van der Waals surface area (Å²) in [4.78, 5) is 0. The smallest absolute Gasteiger partial charge is 0.142 e. The Morgan fingerprint density at radius 1 is 1.50 bits per heavy atom. The van der Waals surface area contributed by atoms with Gasteiger partial charge in [0.2, 0.25) is 0 Å². The van der Waals surface area contributed by atoms with Crippen molar-refractivity contribution in [2.24, 2.45) is 0 Å². The molecule has 62 valence electrons. The summed E-state index contributed by atoms with van der Waals surface area (Å²) in [6.45, 7) is 1.78. The highest BCUT2D eigenvalue weighted by Crippen LogP contribution is 2.21. The largest absolute Gasteiger partial charge is 0.495 e. The summed E-state index contributed by atoms with van der Waals surface area (Å²) in [5, 5.41) is 0. The molecule has 0 radical (unpaired) electrons. The molecule has 0 saturated carbocycles. The van der Waals surface area contributed by atoms with E-state index in [0.29, 0.717) is 5.75 Å². The molecule has 2 heteroatoms. The molecule has 0 bridgehead atoms. The molecule has 1 aromatic rings. The number of halogens is 1. The van der Waals surface area contributed by atoms with E-state index in [4.69, 9.17) is 11.2 Å². The van der Waals surface area contributed by atoms with E-state index in [-0.39, 0.29) is 5.56 Å². The van der Waals surface area contributed by atoms with Gasteiger partial charge in [-0.15, -0.1) is 6.42 Å². The van der Waals surface area contributed by atoms with Gasteiger partial charge in [-0.05, 0) is 24.6 Å². The van der Waals surface area contributed by atoms with Crippen LogP contribution >= 0.6 is 0 Å². The minimum Gasteiger partial charge on any atom is -0.495 e. The van der Waals surface area contributed by atoms with Crippen LogP contribution in [0.3, 0.4) is 0 Å². The summed E-state index contributed by atoms with van der Waals surface area (Å²) in [6, 6.07) is 3.09. The Morgan fingerprint density at radius 3 is 2.67 bits per heavy atom. The zero-order valence-electron chi connectivity index (χ0n) is 7.02. The maximum absolute atomic E-state index is 13.1. The van der Waals surface area contributed by atoms with Crippen molar-refractivity contribution in [2.45, 2.75) is 6.92 Å². The predicted octanol–water partition coefficient (Wildman–Crippen LogP) is 2.12. The zero-order valence-corrected chi connectivity index (χ0v) is 7.02. The van der Waals surface area contributed by atoms with Crippen LogP contribution in [0.1, 0.15) is 11.1 Å². The van der Waals surface area contributed by atoms with Crippen LogP contribution in [-0.2, 0) is 0 Å². The lowest BCUT2D eigenvalue weighted by molar-refractivity contribution is 0.409. The number of methoxy groups -OCH3 is 1. The molecule has 0 aromatic heterocycles. The topological polar surface area (TPSA) is 9.23 Å². The van der Waals surface area contributed by atoms with E-state index >= 15 is 0 Å². The van der Waals surface area contributed by atoms with E-state index in [1.54, 1.807) is 13.0 Å². The molecule has 0 atom stereocenters. The van der Waals surface area contributed by atoms with Crippen LogP contribution in [0.5, 0.6) is 5.75 Å². The van der Waals surface area contributed by atoms with Gasteiger partial charge in [-0.25, -0.2) is 4.39 Å². The SMILES string of the molecule is C#Cc1c(F)cc(C)cc1OC. The van der Waals surface area contributed by atoms with Crippen LogP contribution in [0.2, 0.25) is 0 Å². The molecular weight excluding hydrogens is 155 g/mol. The number of aryl methyl sites for hydroxylation is 1. The standard InChI is InChI=1S/C10H9FO/c1-4-8-9(11)5-7(2)6-10(8)12-3/h1,5-6H,2-3H3. The van der Waals surface area contributed by atoms with Gasteiger partial charge in [-0.1, -0.05) is 5.92 Å². The normalized spacial score (nSPS) is 9.17. The summed E-state index contributed by atoms with van der Waals surface area (Å²) in [5.41, 5.74) is 0.978. The second-order valence-electron chi connectivity index (χ2n) is 2.47. The number of benzene rings is 1. The van der Waals surface area contributed by atoms with E-state index in [0.717, 1.165) is 5.56 Å². The molecule has 0 spiro atoms. The van der Waals surface area contributed by atoms with E-state index in [1.165, 1.54) is 13.2 Å². The fraction of sp³-hybridized carbons (Fsp3) is 0.200. The Kier molecular flexibility index (Phi) is 2.35. The van der Waals surface area contributed by atoms with Crippen LogP contribution < -0.4 is 4.74 Å². The molecule has 0 unspecified atom stereocenters. The van der Waals surface area contributed by atoms with E-state index < -0.39 is 5.82 Å². The molecule has 0 aliphatic carbocycles. The fourth-order valence-corrected chi connectivity index (χ4v) is 1.01. The highest BCUT2D eigenvalue weighted by Gasteiger charge is 2.06. The molecule has 1 rings (SSSR count). The third kappa shape index (κ3) is 1.40. The monoisotopic (exact) mass is 164 g/mol. The number of terminal acetylenes is 1. The van der Waals surface area contributed by atoms with Gasteiger partial charge < -0.3 is 4.74 Å². The fourth-order valence-electron chi connectivity index (χ4n) is 1.01. The summed E-state index contributed by atoms with van der Waals surface area (Å²) < 4.78 is 18.0. The van der Waals surface area contributed by atoms with Crippen LogP contribution in [0.4, 0.5) is 4.39 Å². The molecule has 1 aromatic carbocycles. The predicted molar refractivity (Wildman–Crippen MR) is 45.6 cm³/mol.